The van der Waals surface area contributed by atoms with Crippen molar-refractivity contribution in [2.24, 2.45) is 7.05 Å². The Kier molecular flexibility index (Phi) is 4.05. The highest BCUT2D eigenvalue weighted by molar-refractivity contribution is 7.13. The van der Waals surface area contributed by atoms with E-state index in [0.29, 0.717) is 12.5 Å². The highest BCUT2D eigenvalue weighted by atomic mass is 32.1. The van der Waals surface area contributed by atoms with Gasteiger partial charge in [0.2, 0.25) is 0 Å². The van der Waals surface area contributed by atoms with Crippen LogP contribution < -0.4 is 4.90 Å². The second-order valence-electron chi connectivity index (χ2n) is 6.24. The average molecular weight is 343 g/mol. The monoisotopic (exact) mass is 343 g/mol. The molecule has 0 bridgehead atoms. The van der Waals surface area contributed by atoms with Crippen molar-refractivity contribution in [3.05, 3.63) is 41.4 Å². The van der Waals surface area contributed by atoms with Gasteiger partial charge in [-0.1, -0.05) is 0 Å². The van der Waals surface area contributed by atoms with Gasteiger partial charge in [0.1, 0.15) is 11.6 Å². The Hall–Kier alpha value is -2.22. The molecule has 8 heteroatoms. The third kappa shape index (κ3) is 2.82. The number of rotatable bonds is 4. The van der Waals surface area contributed by atoms with Crippen LogP contribution in [0.5, 0.6) is 0 Å². The fourth-order valence-corrected chi connectivity index (χ4v) is 4.01. The lowest BCUT2D eigenvalue weighted by Gasteiger charge is -2.31. The maximum Gasteiger partial charge on any atom is 0.185 e. The first-order chi connectivity index (χ1) is 11.7. The first kappa shape index (κ1) is 15.3. The van der Waals surface area contributed by atoms with Crippen LogP contribution in [0, 0.1) is 6.92 Å². The van der Waals surface area contributed by atoms with Crippen molar-refractivity contribution < 1.29 is 0 Å². The second-order valence-corrected chi connectivity index (χ2v) is 7.11. The number of piperidine rings is 1. The Balaban J connectivity index is 1.53. The van der Waals surface area contributed by atoms with Crippen LogP contribution in [0.15, 0.2) is 24.0 Å². The summed E-state index contributed by atoms with van der Waals surface area (Å²) >= 11 is 1.70. The molecule has 126 valence electrons. The minimum Gasteiger partial charge on any atom is -0.347 e. The van der Waals surface area contributed by atoms with E-state index in [1.165, 1.54) is 0 Å². The van der Waals surface area contributed by atoms with Gasteiger partial charge in [0.15, 0.2) is 11.0 Å². The van der Waals surface area contributed by atoms with Crippen LogP contribution in [0.25, 0.3) is 0 Å². The lowest BCUT2D eigenvalue weighted by atomic mass is 9.97. The van der Waals surface area contributed by atoms with Crippen LogP contribution in [0.1, 0.15) is 36.2 Å². The van der Waals surface area contributed by atoms with E-state index in [9.17, 15) is 0 Å². The molecule has 1 atom stereocenters. The van der Waals surface area contributed by atoms with Crippen LogP contribution in [0.3, 0.4) is 0 Å². The van der Waals surface area contributed by atoms with Gasteiger partial charge < -0.3 is 14.0 Å². The number of hydrogen-bond donors (Lipinski definition) is 0. The Labute approximate surface area is 145 Å². The normalized spacial score (nSPS) is 18.2. The summed E-state index contributed by atoms with van der Waals surface area (Å²) in [5, 5.41) is 12.1. The molecule has 0 saturated carbocycles. The molecule has 7 nitrogen and oxygen atoms in total. The van der Waals surface area contributed by atoms with Crippen LogP contribution in [-0.4, -0.2) is 42.4 Å². The van der Waals surface area contributed by atoms with Gasteiger partial charge in [-0.3, -0.25) is 0 Å². The van der Waals surface area contributed by atoms with Crippen molar-refractivity contribution in [1.29, 1.82) is 0 Å². The molecule has 24 heavy (non-hydrogen) atoms. The van der Waals surface area contributed by atoms with Gasteiger partial charge in [-0.2, -0.15) is 0 Å². The summed E-state index contributed by atoms with van der Waals surface area (Å²) in [4.78, 5) is 11.1. The average Bonchev–Trinajstić information content (AvgIpc) is 3.32. The van der Waals surface area contributed by atoms with Gasteiger partial charge in [-0.25, -0.2) is 9.97 Å². The van der Waals surface area contributed by atoms with Gasteiger partial charge >= 0.3 is 0 Å². The number of aryl methyl sites for hydroxylation is 1. The lowest BCUT2D eigenvalue weighted by Crippen LogP contribution is -2.35. The van der Waals surface area contributed by atoms with Crippen molar-refractivity contribution in [3.63, 3.8) is 0 Å². The molecule has 0 N–H and O–H groups in total. The number of imidazole rings is 1. The molecular formula is C16H21N7S. The van der Waals surface area contributed by atoms with E-state index in [1.807, 2.05) is 30.9 Å². The largest absolute Gasteiger partial charge is 0.347 e. The predicted molar refractivity (Wildman–Crippen MR) is 93.4 cm³/mol. The summed E-state index contributed by atoms with van der Waals surface area (Å²) < 4.78 is 4.24. The number of nitrogens with zero attached hydrogens (tertiary/aromatic N) is 7. The van der Waals surface area contributed by atoms with E-state index in [1.54, 1.807) is 11.3 Å². The molecule has 0 spiro atoms. The summed E-state index contributed by atoms with van der Waals surface area (Å²) in [5.74, 6) is 3.44. The second kappa shape index (κ2) is 6.35. The molecule has 0 amide bonds. The number of aromatic nitrogens is 6. The van der Waals surface area contributed by atoms with Gasteiger partial charge in [-0.15, -0.1) is 21.5 Å². The summed E-state index contributed by atoms with van der Waals surface area (Å²) in [6, 6.07) is 0. The summed E-state index contributed by atoms with van der Waals surface area (Å²) in [5.41, 5.74) is 0. The van der Waals surface area contributed by atoms with E-state index < -0.39 is 0 Å². The zero-order chi connectivity index (χ0) is 16.5. The fraction of sp³-hybridized carbons (Fsp3) is 0.500. The Morgan fingerprint density at radius 2 is 2.17 bits per heavy atom. The molecular weight excluding hydrogens is 322 g/mol. The summed E-state index contributed by atoms with van der Waals surface area (Å²) in [7, 11) is 2.07. The minimum atomic E-state index is 0.401. The van der Waals surface area contributed by atoms with Gasteiger partial charge in [-0.05, 0) is 19.8 Å². The maximum atomic E-state index is 4.50. The highest BCUT2D eigenvalue weighted by Crippen LogP contribution is 2.30. The zero-order valence-electron chi connectivity index (χ0n) is 14.0. The van der Waals surface area contributed by atoms with Crippen LogP contribution in [-0.2, 0) is 13.6 Å². The molecule has 0 unspecified atom stereocenters. The molecule has 3 aromatic heterocycles. The maximum absolute atomic E-state index is 4.50. The standard InChI is InChI=1S/C16H21N7S/c1-12-17-5-8-22(12)11-14-19-20-15(21(14)2)13-4-3-7-23(10-13)16-18-6-9-24-16/h5-6,8-9,13H,3-4,7,10-11H2,1-2H3/t13-/m1/s1. The van der Waals surface area contributed by atoms with E-state index in [-0.39, 0.29) is 0 Å². The number of thiazole rings is 1. The Bertz CT molecular complexity index is 804. The molecule has 0 radical (unpaired) electrons. The lowest BCUT2D eigenvalue weighted by molar-refractivity contribution is 0.477. The molecule has 4 rings (SSSR count). The van der Waals surface area contributed by atoms with E-state index >= 15 is 0 Å². The minimum absolute atomic E-state index is 0.401. The molecule has 0 aliphatic carbocycles. The van der Waals surface area contributed by atoms with Crippen molar-refractivity contribution in [2.45, 2.75) is 32.2 Å². The van der Waals surface area contributed by atoms with Crippen molar-refractivity contribution >= 4 is 16.5 Å². The molecule has 0 aromatic carbocycles. The fourth-order valence-electron chi connectivity index (χ4n) is 3.33. The molecule has 1 aliphatic rings. The topological polar surface area (TPSA) is 64.7 Å². The Morgan fingerprint density at radius 1 is 1.25 bits per heavy atom. The molecule has 1 aliphatic heterocycles. The first-order valence-electron chi connectivity index (χ1n) is 8.22. The summed E-state index contributed by atoms with van der Waals surface area (Å²) in [6.45, 7) is 4.75. The third-order valence-corrected chi connectivity index (χ3v) is 5.54. The van der Waals surface area contributed by atoms with E-state index in [2.05, 4.69) is 41.2 Å². The quantitative estimate of drug-likeness (QED) is 0.727. The van der Waals surface area contributed by atoms with Gasteiger partial charge in [0.25, 0.3) is 0 Å². The zero-order valence-corrected chi connectivity index (χ0v) is 14.8. The van der Waals surface area contributed by atoms with E-state index in [0.717, 1.165) is 48.5 Å². The first-order valence-corrected chi connectivity index (χ1v) is 9.10. The number of anilines is 1. The van der Waals surface area contributed by atoms with Gasteiger partial charge in [0, 0.05) is 50.0 Å². The number of hydrogen-bond acceptors (Lipinski definition) is 6. The van der Waals surface area contributed by atoms with Gasteiger partial charge in [0.05, 0.1) is 6.54 Å². The predicted octanol–water partition coefficient (Wildman–Crippen LogP) is 2.21. The third-order valence-electron chi connectivity index (χ3n) is 4.71. The molecule has 1 saturated heterocycles. The van der Waals surface area contributed by atoms with Crippen molar-refractivity contribution in [3.8, 4) is 0 Å². The van der Waals surface area contributed by atoms with E-state index in [4.69, 9.17) is 0 Å². The molecule has 4 heterocycles. The van der Waals surface area contributed by atoms with Crippen LogP contribution >= 0.6 is 11.3 Å². The van der Waals surface area contributed by atoms with Crippen LogP contribution in [0.2, 0.25) is 0 Å². The smallest absolute Gasteiger partial charge is 0.185 e. The Morgan fingerprint density at radius 3 is 2.92 bits per heavy atom. The molecule has 3 aromatic rings. The van der Waals surface area contributed by atoms with Crippen LogP contribution in [0.4, 0.5) is 5.13 Å². The highest BCUT2D eigenvalue weighted by Gasteiger charge is 2.27. The van der Waals surface area contributed by atoms with Crippen molar-refractivity contribution in [2.75, 3.05) is 18.0 Å². The van der Waals surface area contributed by atoms with Crippen molar-refractivity contribution in [1.82, 2.24) is 29.3 Å². The SMILES string of the molecule is Cc1nccn1Cc1nnc([C@@H]2CCCN(c3nccs3)C2)n1C. The molecule has 1 fully saturated rings. The summed E-state index contributed by atoms with van der Waals surface area (Å²) in [6.07, 6.45) is 7.98.